The summed E-state index contributed by atoms with van der Waals surface area (Å²) < 4.78 is 1.70. The minimum atomic E-state index is 0.634. The summed E-state index contributed by atoms with van der Waals surface area (Å²) in [4.78, 5) is 3.20. The fourth-order valence-electron chi connectivity index (χ4n) is 2.30. The number of para-hydroxylation sites is 1. The molecule has 0 amide bonds. The quantitative estimate of drug-likeness (QED) is 0.725. The van der Waals surface area contributed by atoms with Crippen molar-refractivity contribution >= 4 is 28.8 Å². The highest BCUT2D eigenvalue weighted by Crippen LogP contribution is 2.20. The maximum Gasteiger partial charge on any atom is 0.156 e. The highest BCUT2D eigenvalue weighted by molar-refractivity contribution is 7.80. The number of rotatable bonds is 7. The molecule has 7 heteroatoms. The van der Waals surface area contributed by atoms with Crippen molar-refractivity contribution in [3.8, 4) is 5.69 Å². The number of aryl methyl sites for hydroxylation is 1. The normalized spacial score (nSPS) is 10.7. The fraction of sp³-hybridized carbons (Fsp3) is 0.467. The molecule has 22 heavy (non-hydrogen) atoms. The van der Waals surface area contributed by atoms with Crippen LogP contribution in [-0.2, 0) is 6.42 Å². The van der Waals surface area contributed by atoms with Crippen LogP contribution in [0.3, 0.4) is 0 Å². The van der Waals surface area contributed by atoms with E-state index in [-0.39, 0.29) is 0 Å². The van der Waals surface area contributed by atoms with Crippen LogP contribution in [0.2, 0.25) is 5.02 Å². The minimum Gasteiger partial charge on any atom is -0.367 e. The van der Waals surface area contributed by atoms with E-state index in [1.54, 1.807) is 4.68 Å². The lowest BCUT2D eigenvalue weighted by molar-refractivity contribution is 0.462. The summed E-state index contributed by atoms with van der Waals surface area (Å²) in [6.45, 7) is 6.14. The third-order valence-corrected chi connectivity index (χ3v) is 4.30. The van der Waals surface area contributed by atoms with Gasteiger partial charge in [-0.25, -0.2) is 0 Å². The molecule has 2 aromatic rings. The maximum atomic E-state index is 6.21. The number of hydrogen-bond acceptors (Lipinski definition) is 4. The Bertz CT molecular complexity index is 624. The predicted octanol–water partition coefficient (Wildman–Crippen LogP) is 3.31. The maximum absolute atomic E-state index is 6.21. The van der Waals surface area contributed by atoms with Gasteiger partial charge in [0.25, 0.3) is 0 Å². The van der Waals surface area contributed by atoms with Gasteiger partial charge in [-0.05, 0) is 49.2 Å². The van der Waals surface area contributed by atoms with Gasteiger partial charge in [0.1, 0.15) is 0 Å². The summed E-state index contributed by atoms with van der Waals surface area (Å²) in [5, 5.41) is 12.5. The standard InChI is InChI=1S/C15H20ClN5S/c1-3-20(4-2)15(22)11-7-10-14-17-18-19-21(14)13-9-6-5-8-12(13)16/h5-6,8-9H,3-4,7,10-11H2,1-2H3. The number of halogens is 1. The van der Waals surface area contributed by atoms with Gasteiger partial charge in [-0.2, -0.15) is 4.68 Å². The van der Waals surface area contributed by atoms with Crippen LogP contribution in [-0.4, -0.2) is 43.2 Å². The Morgan fingerprint density at radius 2 is 2.00 bits per heavy atom. The average molecular weight is 338 g/mol. The summed E-state index contributed by atoms with van der Waals surface area (Å²) in [5.74, 6) is 0.801. The molecule has 0 spiro atoms. The highest BCUT2D eigenvalue weighted by atomic mass is 35.5. The first kappa shape index (κ1) is 16.8. The van der Waals surface area contributed by atoms with E-state index < -0.39 is 0 Å². The van der Waals surface area contributed by atoms with Crippen molar-refractivity contribution in [2.75, 3.05) is 13.1 Å². The lowest BCUT2D eigenvalue weighted by Gasteiger charge is -2.21. The Balaban J connectivity index is 2.00. The third kappa shape index (κ3) is 4.01. The summed E-state index contributed by atoms with van der Waals surface area (Å²) in [5.41, 5.74) is 0.801. The summed E-state index contributed by atoms with van der Waals surface area (Å²) >= 11 is 11.7. The molecule has 1 heterocycles. The Morgan fingerprint density at radius 3 is 2.68 bits per heavy atom. The zero-order chi connectivity index (χ0) is 15.9. The molecule has 0 radical (unpaired) electrons. The van der Waals surface area contributed by atoms with Crippen molar-refractivity contribution in [1.82, 2.24) is 25.1 Å². The summed E-state index contributed by atoms with van der Waals surface area (Å²) in [6, 6.07) is 7.54. The second kappa shape index (κ2) is 8.19. The molecule has 5 nitrogen and oxygen atoms in total. The Labute approximate surface area is 141 Å². The van der Waals surface area contributed by atoms with Crippen LogP contribution < -0.4 is 0 Å². The van der Waals surface area contributed by atoms with Crippen LogP contribution in [0, 0.1) is 0 Å². The van der Waals surface area contributed by atoms with Gasteiger partial charge < -0.3 is 4.90 Å². The van der Waals surface area contributed by atoms with Crippen LogP contribution in [0.15, 0.2) is 24.3 Å². The molecule has 0 N–H and O–H groups in total. The molecule has 0 saturated heterocycles. The first-order chi connectivity index (χ1) is 10.7. The fourth-order valence-corrected chi connectivity index (χ4v) is 2.92. The second-order valence-corrected chi connectivity index (χ2v) is 5.76. The van der Waals surface area contributed by atoms with Crippen LogP contribution in [0.1, 0.15) is 32.5 Å². The number of aromatic nitrogens is 4. The number of tetrazole rings is 1. The Kier molecular flexibility index (Phi) is 6.27. The molecule has 0 aliphatic heterocycles. The van der Waals surface area contributed by atoms with E-state index in [1.807, 2.05) is 24.3 Å². The van der Waals surface area contributed by atoms with E-state index in [4.69, 9.17) is 23.8 Å². The first-order valence-corrected chi connectivity index (χ1v) is 8.25. The van der Waals surface area contributed by atoms with Crippen LogP contribution in [0.25, 0.3) is 5.69 Å². The molecule has 0 saturated carbocycles. The van der Waals surface area contributed by atoms with Crippen molar-refractivity contribution in [3.05, 3.63) is 35.1 Å². The van der Waals surface area contributed by atoms with E-state index in [0.29, 0.717) is 5.02 Å². The highest BCUT2D eigenvalue weighted by Gasteiger charge is 2.12. The SMILES string of the molecule is CCN(CC)C(=S)CCCc1nnnn1-c1ccccc1Cl. The van der Waals surface area contributed by atoms with Gasteiger partial charge in [0.2, 0.25) is 0 Å². The van der Waals surface area contributed by atoms with E-state index in [2.05, 4.69) is 34.3 Å². The first-order valence-electron chi connectivity index (χ1n) is 7.47. The number of nitrogens with zero attached hydrogens (tertiary/aromatic N) is 5. The van der Waals surface area contributed by atoms with Gasteiger partial charge in [-0.15, -0.1) is 5.10 Å². The molecule has 118 valence electrons. The molecular formula is C15H20ClN5S. The van der Waals surface area contributed by atoms with Gasteiger partial charge in [-0.1, -0.05) is 36.0 Å². The molecule has 0 aliphatic carbocycles. The molecule has 0 fully saturated rings. The monoisotopic (exact) mass is 337 g/mol. The van der Waals surface area contributed by atoms with Crippen molar-refractivity contribution in [2.45, 2.75) is 33.1 Å². The Morgan fingerprint density at radius 1 is 1.27 bits per heavy atom. The predicted molar refractivity (Wildman–Crippen MR) is 92.6 cm³/mol. The number of thiocarbonyl (C=S) groups is 1. The van der Waals surface area contributed by atoms with E-state index in [9.17, 15) is 0 Å². The molecule has 0 atom stereocenters. The van der Waals surface area contributed by atoms with Crippen molar-refractivity contribution in [3.63, 3.8) is 0 Å². The lowest BCUT2D eigenvalue weighted by Crippen LogP contribution is -2.28. The molecule has 1 aromatic carbocycles. The lowest BCUT2D eigenvalue weighted by atomic mass is 10.2. The van der Waals surface area contributed by atoms with Gasteiger partial charge in [0.05, 0.1) is 15.7 Å². The van der Waals surface area contributed by atoms with Crippen LogP contribution >= 0.6 is 23.8 Å². The molecule has 0 bridgehead atoms. The van der Waals surface area contributed by atoms with E-state index in [0.717, 1.165) is 48.9 Å². The zero-order valence-corrected chi connectivity index (χ0v) is 14.4. The zero-order valence-electron chi connectivity index (χ0n) is 12.9. The average Bonchev–Trinajstić information content (AvgIpc) is 2.97. The van der Waals surface area contributed by atoms with Crippen molar-refractivity contribution in [2.24, 2.45) is 0 Å². The van der Waals surface area contributed by atoms with Crippen molar-refractivity contribution in [1.29, 1.82) is 0 Å². The number of benzene rings is 1. The van der Waals surface area contributed by atoms with Gasteiger partial charge >= 0.3 is 0 Å². The molecule has 0 aliphatic rings. The van der Waals surface area contributed by atoms with Crippen LogP contribution in [0.5, 0.6) is 0 Å². The number of hydrogen-bond donors (Lipinski definition) is 0. The molecule has 1 aromatic heterocycles. The third-order valence-electron chi connectivity index (χ3n) is 3.52. The van der Waals surface area contributed by atoms with Gasteiger partial charge in [0, 0.05) is 19.5 Å². The van der Waals surface area contributed by atoms with Gasteiger partial charge in [-0.3, -0.25) is 0 Å². The van der Waals surface area contributed by atoms with Gasteiger partial charge in [0.15, 0.2) is 5.82 Å². The summed E-state index contributed by atoms with van der Waals surface area (Å²) in [6.07, 6.45) is 2.55. The van der Waals surface area contributed by atoms with Crippen molar-refractivity contribution < 1.29 is 0 Å². The minimum absolute atomic E-state index is 0.634. The van der Waals surface area contributed by atoms with E-state index in [1.165, 1.54) is 0 Å². The molecule has 2 rings (SSSR count). The smallest absolute Gasteiger partial charge is 0.156 e. The van der Waals surface area contributed by atoms with Crippen LogP contribution in [0.4, 0.5) is 0 Å². The van der Waals surface area contributed by atoms with E-state index >= 15 is 0 Å². The Hall–Kier alpha value is -1.53. The second-order valence-electron chi connectivity index (χ2n) is 4.88. The summed E-state index contributed by atoms with van der Waals surface area (Å²) in [7, 11) is 0. The molecular weight excluding hydrogens is 318 g/mol. The molecule has 0 unspecified atom stereocenters. The topological polar surface area (TPSA) is 46.8 Å². The largest absolute Gasteiger partial charge is 0.367 e.